The molecule has 0 saturated heterocycles. The molecule has 21 heavy (non-hydrogen) atoms. The number of rotatable bonds is 12. The topological polar surface area (TPSA) is 71.0 Å². The Morgan fingerprint density at radius 1 is 1.29 bits per heavy atom. The lowest BCUT2D eigenvalue weighted by Gasteiger charge is -2.13. The van der Waals surface area contributed by atoms with Crippen LogP contribution in [-0.4, -0.2) is 61.2 Å². The number of aliphatic hydroxyl groups excluding tert-OH is 2. The van der Waals surface area contributed by atoms with E-state index in [9.17, 15) is 5.11 Å². The summed E-state index contributed by atoms with van der Waals surface area (Å²) in [6, 6.07) is 7.32. The van der Waals surface area contributed by atoms with Crippen LogP contribution >= 0.6 is 11.8 Å². The van der Waals surface area contributed by atoms with Crippen molar-refractivity contribution >= 4 is 11.8 Å². The molecule has 0 bridgehead atoms. The fourth-order valence-electron chi connectivity index (χ4n) is 1.62. The molecule has 5 nitrogen and oxygen atoms in total. The number of thioether (sulfide) groups is 1. The van der Waals surface area contributed by atoms with E-state index in [2.05, 4.69) is 5.32 Å². The van der Waals surface area contributed by atoms with Gasteiger partial charge in [-0.2, -0.15) is 11.8 Å². The molecular formula is C15H25NO4S. The Morgan fingerprint density at radius 2 is 2.10 bits per heavy atom. The third-order valence-electron chi connectivity index (χ3n) is 2.73. The van der Waals surface area contributed by atoms with Crippen LogP contribution in [0.15, 0.2) is 24.3 Å². The Labute approximate surface area is 130 Å². The molecule has 1 atom stereocenters. The van der Waals surface area contributed by atoms with E-state index in [-0.39, 0.29) is 13.2 Å². The fourth-order valence-corrected chi connectivity index (χ4v) is 2.45. The second-order valence-corrected chi connectivity index (χ2v) is 5.76. The highest BCUT2D eigenvalue weighted by Crippen LogP contribution is 2.18. The molecule has 0 spiro atoms. The van der Waals surface area contributed by atoms with Gasteiger partial charge >= 0.3 is 0 Å². The van der Waals surface area contributed by atoms with Crippen LogP contribution in [0.2, 0.25) is 0 Å². The van der Waals surface area contributed by atoms with Crippen LogP contribution in [0.1, 0.15) is 6.42 Å². The lowest BCUT2D eigenvalue weighted by Crippen LogP contribution is -2.32. The summed E-state index contributed by atoms with van der Waals surface area (Å²) >= 11 is 1.79. The van der Waals surface area contributed by atoms with E-state index in [1.807, 2.05) is 18.2 Å². The van der Waals surface area contributed by atoms with Gasteiger partial charge in [-0.25, -0.2) is 0 Å². The van der Waals surface area contributed by atoms with Gasteiger partial charge in [0.25, 0.3) is 0 Å². The molecule has 0 fully saturated rings. The Balaban J connectivity index is 2.06. The van der Waals surface area contributed by atoms with Crippen molar-refractivity contribution in [2.24, 2.45) is 0 Å². The number of hydrogen-bond donors (Lipinski definition) is 3. The molecule has 0 heterocycles. The van der Waals surface area contributed by atoms with Gasteiger partial charge in [0.05, 0.1) is 7.11 Å². The molecule has 0 aliphatic carbocycles. The number of nitrogens with one attached hydrogen (secondary N) is 1. The summed E-state index contributed by atoms with van der Waals surface area (Å²) in [6.07, 6.45) is 0.292. The molecule has 1 rings (SSSR count). The summed E-state index contributed by atoms with van der Waals surface area (Å²) in [5, 5.41) is 21.6. The van der Waals surface area contributed by atoms with Gasteiger partial charge in [-0.3, -0.25) is 0 Å². The summed E-state index contributed by atoms with van der Waals surface area (Å²) in [5.74, 6) is 3.37. The van der Waals surface area contributed by atoms with Crippen molar-refractivity contribution in [2.75, 3.05) is 44.9 Å². The van der Waals surface area contributed by atoms with Crippen molar-refractivity contribution < 1.29 is 19.7 Å². The Kier molecular flexibility index (Phi) is 10.1. The second-order valence-electron chi connectivity index (χ2n) is 4.54. The van der Waals surface area contributed by atoms with Crippen LogP contribution in [0, 0.1) is 0 Å². The molecule has 0 saturated carbocycles. The van der Waals surface area contributed by atoms with E-state index in [1.165, 1.54) is 0 Å². The predicted octanol–water partition coefficient (Wildman–Crippen LogP) is 1.14. The molecule has 0 radical (unpaired) electrons. The minimum absolute atomic E-state index is 0.248. The molecule has 3 N–H and O–H groups in total. The van der Waals surface area contributed by atoms with Gasteiger partial charge < -0.3 is 25.0 Å². The minimum atomic E-state index is -0.543. The molecule has 120 valence electrons. The molecule has 0 aliphatic heterocycles. The third-order valence-corrected chi connectivity index (χ3v) is 3.80. The first kappa shape index (κ1) is 18.1. The largest absolute Gasteiger partial charge is 0.497 e. The van der Waals surface area contributed by atoms with E-state index in [0.717, 1.165) is 30.2 Å². The number of aliphatic hydroxyl groups is 2. The van der Waals surface area contributed by atoms with Gasteiger partial charge in [0.2, 0.25) is 0 Å². The smallest absolute Gasteiger partial charge is 0.123 e. The van der Waals surface area contributed by atoms with E-state index in [0.29, 0.717) is 12.3 Å². The van der Waals surface area contributed by atoms with Crippen molar-refractivity contribution in [2.45, 2.75) is 12.5 Å². The zero-order valence-electron chi connectivity index (χ0n) is 12.5. The predicted molar refractivity (Wildman–Crippen MR) is 86.4 cm³/mol. The quantitative estimate of drug-likeness (QED) is 0.503. The van der Waals surface area contributed by atoms with Crippen LogP contribution in [0.5, 0.6) is 11.5 Å². The van der Waals surface area contributed by atoms with Crippen LogP contribution in [0.25, 0.3) is 0 Å². The maximum Gasteiger partial charge on any atom is 0.123 e. The van der Waals surface area contributed by atoms with Crippen LogP contribution < -0.4 is 14.8 Å². The van der Waals surface area contributed by atoms with E-state index in [4.69, 9.17) is 14.6 Å². The van der Waals surface area contributed by atoms with Gasteiger partial charge in [-0.15, -0.1) is 0 Å². The monoisotopic (exact) mass is 315 g/mol. The summed E-state index contributed by atoms with van der Waals surface area (Å²) in [5.41, 5.74) is 0. The highest BCUT2D eigenvalue weighted by molar-refractivity contribution is 7.99. The maximum atomic E-state index is 9.82. The zero-order valence-corrected chi connectivity index (χ0v) is 13.3. The van der Waals surface area contributed by atoms with Crippen molar-refractivity contribution in [1.82, 2.24) is 5.32 Å². The first-order valence-corrected chi connectivity index (χ1v) is 8.26. The normalized spacial score (nSPS) is 12.1. The summed E-state index contributed by atoms with van der Waals surface area (Å²) < 4.78 is 10.6. The average Bonchev–Trinajstić information content (AvgIpc) is 2.52. The van der Waals surface area contributed by atoms with E-state index < -0.39 is 6.10 Å². The number of hydrogen-bond acceptors (Lipinski definition) is 6. The number of ether oxygens (including phenoxy) is 2. The molecule has 1 unspecified atom stereocenters. The number of benzene rings is 1. The van der Waals surface area contributed by atoms with E-state index >= 15 is 0 Å². The number of methoxy groups -OCH3 is 1. The minimum Gasteiger partial charge on any atom is -0.497 e. The Hall–Kier alpha value is -0.950. The maximum absolute atomic E-state index is 9.82. The molecular weight excluding hydrogens is 290 g/mol. The summed E-state index contributed by atoms with van der Waals surface area (Å²) in [7, 11) is 1.61. The zero-order chi connectivity index (χ0) is 15.3. The van der Waals surface area contributed by atoms with Gasteiger partial charge in [0.1, 0.15) is 24.2 Å². The van der Waals surface area contributed by atoms with E-state index in [1.54, 1.807) is 24.9 Å². The molecule has 0 aliphatic rings. The molecule has 0 amide bonds. The first-order chi connectivity index (χ1) is 10.3. The Morgan fingerprint density at radius 3 is 2.86 bits per heavy atom. The van der Waals surface area contributed by atoms with Gasteiger partial charge in [-0.1, -0.05) is 6.07 Å². The van der Waals surface area contributed by atoms with Gasteiger partial charge in [0, 0.05) is 31.5 Å². The highest BCUT2D eigenvalue weighted by Gasteiger charge is 2.05. The first-order valence-electron chi connectivity index (χ1n) is 7.10. The van der Waals surface area contributed by atoms with Crippen molar-refractivity contribution in [3.63, 3.8) is 0 Å². The molecule has 1 aromatic carbocycles. The SMILES string of the molecule is COc1cccc(OCC(O)CNCCSCCCO)c1. The van der Waals surface area contributed by atoms with Crippen molar-refractivity contribution in [3.8, 4) is 11.5 Å². The summed E-state index contributed by atoms with van der Waals surface area (Å²) in [4.78, 5) is 0. The second kappa shape index (κ2) is 11.7. The lowest BCUT2D eigenvalue weighted by molar-refractivity contribution is 0.107. The van der Waals surface area contributed by atoms with Crippen LogP contribution in [0.4, 0.5) is 0 Å². The van der Waals surface area contributed by atoms with Gasteiger partial charge in [0.15, 0.2) is 0 Å². The molecule has 1 aromatic rings. The lowest BCUT2D eigenvalue weighted by atomic mass is 10.3. The fraction of sp³-hybridized carbons (Fsp3) is 0.600. The Bertz CT molecular complexity index is 378. The standard InChI is InChI=1S/C15H25NO4S/c1-19-14-4-2-5-15(10-14)20-12-13(18)11-16-6-9-21-8-3-7-17/h2,4-5,10,13,16-18H,3,6-9,11-12H2,1H3. The third kappa shape index (κ3) is 8.83. The highest BCUT2D eigenvalue weighted by atomic mass is 32.2. The average molecular weight is 315 g/mol. The van der Waals surface area contributed by atoms with Crippen molar-refractivity contribution in [3.05, 3.63) is 24.3 Å². The molecule has 0 aromatic heterocycles. The van der Waals surface area contributed by atoms with Gasteiger partial charge in [-0.05, 0) is 24.3 Å². The van der Waals surface area contributed by atoms with Crippen LogP contribution in [0.3, 0.4) is 0 Å². The van der Waals surface area contributed by atoms with Crippen molar-refractivity contribution in [1.29, 1.82) is 0 Å². The molecule has 6 heteroatoms. The van der Waals surface area contributed by atoms with Crippen LogP contribution in [-0.2, 0) is 0 Å². The summed E-state index contributed by atoms with van der Waals surface area (Å²) in [6.45, 7) is 1.84.